The maximum atomic E-state index is 12.3. The third-order valence-corrected chi connectivity index (χ3v) is 4.10. The molecule has 0 saturated heterocycles. The van der Waals surface area contributed by atoms with Crippen LogP contribution in [0.2, 0.25) is 0 Å². The SMILES string of the molecule is CCCn1c(C)nnc1C[S@@](=O)c1cccc(O)c1. The van der Waals surface area contributed by atoms with E-state index in [0.717, 1.165) is 24.6 Å². The molecule has 0 unspecified atom stereocenters. The summed E-state index contributed by atoms with van der Waals surface area (Å²) in [7, 11) is -1.23. The first-order valence-electron chi connectivity index (χ1n) is 6.18. The molecule has 0 radical (unpaired) electrons. The summed E-state index contributed by atoms with van der Waals surface area (Å²) >= 11 is 0. The topological polar surface area (TPSA) is 68.0 Å². The third-order valence-electron chi connectivity index (χ3n) is 2.80. The number of aryl methyl sites for hydroxylation is 1. The van der Waals surface area contributed by atoms with Crippen molar-refractivity contribution in [2.24, 2.45) is 0 Å². The van der Waals surface area contributed by atoms with Crippen LogP contribution in [0.3, 0.4) is 0 Å². The van der Waals surface area contributed by atoms with Crippen molar-refractivity contribution in [3.8, 4) is 5.75 Å². The van der Waals surface area contributed by atoms with Crippen LogP contribution in [0.15, 0.2) is 29.2 Å². The zero-order chi connectivity index (χ0) is 13.8. The molecule has 102 valence electrons. The monoisotopic (exact) mass is 279 g/mol. The van der Waals surface area contributed by atoms with Crippen LogP contribution >= 0.6 is 0 Å². The highest BCUT2D eigenvalue weighted by atomic mass is 32.2. The fourth-order valence-corrected chi connectivity index (χ4v) is 2.97. The highest BCUT2D eigenvalue weighted by Gasteiger charge is 2.13. The van der Waals surface area contributed by atoms with Gasteiger partial charge in [-0.05, 0) is 31.5 Å². The predicted octanol–water partition coefficient (Wildman–Crippen LogP) is 2.01. The Morgan fingerprint density at radius 2 is 2.16 bits per heavy atom. The molecule has 1 aromatic carbocycles. The molecule has 2 aromatic rings. The van der Waals surface area contributed by atoms with Gasteiger partial charge in [-0.3, -0.25) is 4.21 Å². The molecule has 0 spiro atoms. The van der Waals surface area contributed by atoms with Crippen molar-refractivity contribution in [2.75, 3.05) is 0 Å². The van der Waals surface area contributed by atoms with Crippen LogP contribution < -0.4 is 0 Å². The van der Waals surface area contributed by atoms with E-state index in [1.54, 1.807) is 18.2 Å². The smallest absolute Gasteiger partial charge is 0.146 e. The number of benzene rings is 1. The van der Waals surface area contributed by atoms with Crippen molar-refractivity contribution < 1.29 is 9.32 Å². The van der Waals surface area contributed by atoms with Gasteiger partial charge >= 0.3 is 0 Å². The van der Waals surface area contributed by atoms with E-state index in [2.05, 4.69) is 17.1 Å². The van der Waals surface area contributed by atoms with Gasteiger partial charge in [0.15, 0.2) is 0 Å². The molecule has 0 fully saturated rings. The van der Waals surface area contributed by atoms with Gasteiger partial charge in [0, 0.05) is 11.4 Å². The molecule has 0 aliphatic carbocycles. The summed E-state index contributed by atoms with van der Waals surface area (Å²) < 4.78 is 14.2. The predicted molar refractivity (Wildman–Crippen MR) is 73.3 cm³/mol. The lowest BCUT2D eigenvalue weighted by molar-refractivity contribution is 0.473. The van der Waals surface area contributed by atoms with Crippen LogP contribution in [0.4, 0.5) is 0 Å². The molecule has 6 heteroatoms. The second kappa shape index (κ2) is 5.97. The summed E-state index contributed by atoms with van der Waals surface area (Å²) in [4.78, 5) is 0.601. The number of phenolic OH excluding ortho intramolecular Hbond substituents is 1. The first kappa shape index (κ1) is 13.7. The van der Waals surface area contributed by atoms with Gasteiger partial charge in [0.05, 0.1) is 16.6 Å². The zero-order valence-corrected chi connectivity index (χ0v) is 11.9. The molecular weight excluding hydrogens is 262 g/mol. The van der Waals surface area contributed by atoms with E-state index in [-0.39, 0.29) is 5.75 Å². The van der Waals surface area contributed by atoms with E-state index in [1.165, 1.54) is 6.07 Å². The largest absolute Gasteiger partial charge is 0.508 e. The number of aromatic hydroxyl groups is 1. The summed E-state index contributed by atoms with van der Waals surface area (Å²) in [6.45, 7) is 4.80. The Kier molecular flexibility index (Phi) is 4.31. The molecule has 1 atom stereocenters. The Labute approximate surface area is 114 Å². The Morgan fingerprint density at radius 3 is 2.84 bits per heavy atom. The number of hydrogen-bond acceptors (Lipinski definition) is 4. The fraction of sp³-hybridized carbons (Fsp3) is 0.385. The zero-order valence-electron chi connectivity index (χ0n) is 11.0. The van der Waals surface area contributed by atoms with Crippen molar-refractivity contribution in [3.63, 3.8) is 0 Å². The van der Waals surface area contributed by atoms with E-state index < -0.39 is 10.8 Å². The average Bonchev–Trinajstić information content (AvgIpc) is 2.72. The highest BCUT2D eigenvalue weighted by molar-refractivity contribution is 7.84. The number of nitrogens with zero attached hydrogens (tertiary/aromatic N) is 3. The molecule has 1 heterocycles. The van der Waals surface area contributed by atoms with E-state index in [4.69, 9.17) is 0 Å². The Bertz CT molecular complexity index is 595. The first-order valence-corrected chi connectivity index (χ1v) is 7.49. The molecule has 2 rings (SSSR count). The second-order valence-corrected chi connectivity index (χ2v) is 5.75. The molecule has 5 nitrogen and oxygen atoms in total. The lowest BCUT2D eigenvalue weighted by Gasteiger charge is -2.07. The second-order valence-electron chi connectivity index (χ2n) is 4.30. The highest BCUT2D eigenvalue weighted by Crippen LogP contribution is 2.17. The van der Waals surface area contributed by atoms with Crippen LogP contribution in [-0.2, 0) is 23.1 Å². The lowest BCUT2D eigenvalue weighted by atomic mass is 10.3. The standard InChI is InChI=1S/C13H17N3O2S/c1-3-7-16-10(2)14-15-13(16)9-19(18)12-6-4-5-11(17)8-12/h4-6,8,17H,3,7,9H2,1-2H3/t19-/m1/s1. The Morgan fingerprint density at radius 1 is 1.37 bits per heavy atom. The minimum Gasteiger partial charge on any atom is -0.508 e. The third kappa shape index (κ3) is 3.20. The molecule has 0 amide bonds. The van der Waals surface area contributed by atoms with Crippen molar-refractivity contribution in [1.29, 1.82) is 0 Å². The minimum atomic E-state index is -1.23. The number of hydrogen-bond donors (Lipinski definition) is 1. The van der Waals surface area contributed by atoms with Crippen molar-refractivity contribution in [2.45, 2.75) is 37.5 Å². The summed E-state index contributed by atoms with van der Waals surface area (Å²) in [5.74, 6) is 1.99. The number of rotatable bonds is 5. The van der Waals surface area contributed by atoms with Crippen LogP contribution in [-0.4, -0.2) is 24.1 Å². The van der Waals surface area contributed by atoms with E-state index in [1.807, 2.05) is 11.5 Å². The maximum absolute atomic E-state index is 12.3. The molecule has 1 N–H and O–H groups in total. The van der Waals surface area contributed by atoms with Crippen molar-refractivity contribution in [1.82, 2.24) is 14.8 Å². The van der Waals surface area contributed by atoms with Crippen LogP contribution in [0.1, 0.15) is 25.0 Å². The Hall–Kier alpha value is -1.69. The normalized spacial score (nSPS) is 12.5. The van der Waals surface area contributed by atoms with Crippen molar-refractivity contribution in [3.05, 3.63) is 35.9 Å². The van der Waals surface area contributed by atoms with E-state index in [0.29, 0.717) is 10.6 Å². The molecule has 0 saturated carbocycles. The van der Waals surface area contributed by atoms with Crippen LogP contribution in [0, 0.1) is 6.92 Å². The van der Waals surface area contributed by atoms with Gasteiger partial charge in [-0.1, -0.05) is 13.0 Å². The maximum Gasteiger partial charge on any atom is 0.146 e. The van der Waals surface area contributed by atoms with E-state index in [9.17, 15) is 9.32 Å². The first-order chi connectivity index (χ1) is 9.11. The van der Waals surface area contributed by atoms with Crippen LogP contribution in [0.25, 0.3) is 0 Å². The fourth-order valence-electron chi connectivity index (χ4n) is 1.87. The average molecular weight is 279 g/mol. The van der Waals surface area contributed by atoms with Crippen LogP contribution in [0.5, 0.6) is 5.75 Å². The summed E-state index contributed by atoms with van der Waals surface area (Å²) in [6.07, 6.45) is 0.977. The van der Waals surface area contributed by atoms with Gasteiger partial charge < -0.3 is 9.67 Å². The molecule has 0 aliphatic rings. The van der Waals surface area contributed by atoms with Gasteiger partial charge in [-0.25, -0.2) is 0 Å². The molecule has 19 heavy (non-hydrogen) atoms. The molecule has 0 aliphatic heterocycles. The molecule has 1 aromatic heterocycles. The summed E-state index contributed by atoms with van der Waals surface area (Å²) in [5.41, 5.74) is 0. The number of phenols is 1. The van der Waals surface area contributed by atoms with Crippen molar-refractivity contribution >= 4 is 10.8 Å². The molecule has 0 bridgehead atoms. The number of aromatic nitrogens is 3. The quantitative estimate of drug-likeness (QED) is 0.909. The molecular formula is C13H17N3O2S. The summed E-state index contributed by atoms with van der Waals surface area (Å²) in [5, 5.41) is 17.5. The summed E-state index contributed by atoms with van der Waals surface area (Å²) in [6, 6.07) is 6.50. The van der Waals surface area contributed by atoms with E-state index >= 15 is 0 Å². The lowest BCUT2D eigenvalue weighted by Crippen LogP contribution is -2.08. The van der Waals surface area contributed by atoms with Gasteiger partial charge in [-0.2, -0.15) is 0 Å². The minimum absolute atomic E-state index is 0.122. The van der Waals surface area contributed by atoms with Gasteiger partial charge in [0.2, 0.25) is 0 Å². The Balaban J connectivity index is 2.19. The van der Waals surface area contributed by atoms with Gasteiger partial charge in [0.25, 0.3) is 0 Å². The van der Waals surface area contributed by atoms with Gasteiger partial charge in [-0.15, -0.1) is 10.2 Å². The van der Waals surface area contributed by atoms with Gasteiger partial charge in [0.1, 0.15) is 17.4 Å².